The average molecular weight is 632 g/mol. The van der Waals surface area contributed by atoms with Crippen molar-refractivity contribution in [1.29, 1.82) is 0 Å². The van der Waals surface area contributed by atoms with Gasteiger partial charge in [-0.2, -0.15) is 0 Å². The highest BCUT2D eigenvalue weighted by atomic mass is 32.1. The van der Waals surface area contributed by atoms with Gasteiger partial charge in [-0.1, -0.05) is 65.9 Å². The van der Waals surface area contributed by atoms with Gasteiger partial charge < -0.3 is 30.2 Å². The van der Waals surface area contributed by atoms with Crippen LogP contribution >= 0.6 is 11.3 Å². The number of nitrogens with zero attached hydrogens (tertiary/aromatic N) is 2. The summed E-state index contributed by atoms with van der Waals surface area (Å²) in [7, 11) is 0. The van der Waals surface area contributed by atoms with Crippen LogP contribution in [0, 0.1) is 0 Å². The molecule has 0 radical (unpaired) electrons. The van der Waals surface area contributed by atoms with Gasteiger partial charge in [-0.05, 0) is 37.0 Å². The number of aromatic hydroxyl groups is 1. The van der Waals surface area contributed by atoms with Crippen molar-refractivity contribution >= 4 is 39.2 Å². The molecular weight excluding hydrogens is 594 g/mol. The van der Waals surface area contributed by atoms with E-state index in [9.17, 15) is 24.6 Å². The largest absolute Gasteiger partial charge is 0.506 e. The van der Waals surface area contributed by atoms with Gasteiger partial charge in [0.1, 0.15) is 17.4 Å². The van der Waals surface area contributed by atoms with E-state index in [2.05, 4.69) is 20.5 Å². The molecule has 6 rings (SSSR count). The Bertz CT molecular complexity index is 1700. The zero-order chi connectivity index (χ0) is 31.3. The fourth-order valence-corrected chi connectivity index (χ4v) is 6.99. The third-order valence-corrected chi connectivity index (χ3v) is 9.43. The zero-order valence-electron chi connectivity index (χ0n) is 24.8. The molecular formula is C33H37N5O6S. The van der Waals surface area contributed by atoms with Gasteiger partial charge in [0.15, 0.2) is 0 Å². The molecule has 2 aliphatic rings. The molecule has 12 heteroatoms. The SMILES string of the molecule is O=C(Nc1ccccc1-c1ccccc1)OC1CCN(CC(=O)N2CC[C@@H](NC[C@@H](O)c3ccc(O)c4[nH]c(=O)sc34)C2)CC1. The van der Waals surface area contributed by atoms with Crippen LogP contribution in [0.4, 0.5) is 10.5 Å². The van der Waals surface area contributed by atoms with Crippen molar-refractivity contribution in [1.82, 2.24) is 20.1 Å². The zero-order valence-corrected chi connectivity index (χ0v) is 25.6. The van der Waals surface area contributed by atoms with Gasteiger partial charge in [0.05, 0.1) is 23.0 Å². The highest BCUT2D eigenvalue weighted by Crippen LogP contribution is 2.31. The summed E-state index contributed by atoms with van der Waals surface area (Å²) in [4.78, 5) is 43.8. The minimum atomic E-state index is -0.867. The Balaban J connectivity index is 0.923. The molecule has 1 aromatic heterocycles. The number of likely N-dealkylation sites (tertiary alicyclic amines) is 2. The predicted molar refractivity (Wildman–Crippen MR) is 174 cm³/mol. The summed E-state index contributed by atoms with van der Waals surface area (Å²) in [5.41, 5.74) is 3.54. The third-order valence-electron chi connectivity index (χ3n) is 8.50. The lowest BCUT2D eigenvalue weighted by Crippen LogP contribution is -2.45. The van der Waals surface area contributed by atoms with Crippen molar-refractivity contribution in [3.05, 3.63) is 82.0 Å². The van der Waals surface area contributed by atoms with Crippen molar-refractivity contribution < 1.29 is 24.5 Å². The lowest BCUT2D eigenvalue weighted by Gasteiger charge is -2.32. The summed E-state index contributed by atoms with van der Waals surface area (Å²) < 4.78 is 6.27. The van der Waals surface area contributed by atoms with Crippen molar-refractivity contribution in [2.45, 2.75) is 37.5 Å². The topological polar surface area (TPSA) is 147 Å². The van der Waals surface area contributed by atoms with Crippen LogP contribution in [0.3, 0.4) is 0 Å². The van der Waals surface area contributed by atoms with Crippen LogP contribution in [0.2, 0.25) is 0 Å². The monoisotopic (exact) mass is 631 g/mol. The summed E-state index contributed by atoms with van der Waals surface area (Å²) in [6, 6.07) is 20.7. The standard InChI is InChI=1S/C33H37N5O6S/c39-27-11-10-25(31-30(27)36-33(43)45-31)28(40)18-34-22-12-17-38(19-22)29(41)20-37-15-13-23(14-16-37)44-32(42)35-26-9-5-4-8-24(26)21-6-2-1-3-7-21/h1-11,22-23,28,34,39-40H,12-20H2,(H,35,42)(H,36,43)/t22-,28-/m1/s1. The van der Waals surface area contributed by atoms with E-state index in [1.165, 1.54) is 6.07 Å². The number of amides is 2. The van der Waals surface area contributed by atoms with Crippen molar-refractivity contribution in [3.63, 3.8) is 0 Å². The molecule has 2 saturated heterocycles. The van der Waals surface area contributed by atoms with E-state index in [1.54, 1.807) is 6.07 Å². The first-order chi connectivity index (χ1) is 21.8. The number of piperidine rings is 1. The lowest BCUT2D eigenvalue weighted by molar-refractivity contribution is -0.132. The van der Waals surface area contributed by atoms with Gasteiger partial charge >= 0.3 is 11.0 Å². The number of aliphatic hydroxyl groups is 1. The summed E-state index contributed by atoms with van der Waals surface area (Å²) in [5, 5.41) is 27.1. The molecule has 45 heavy (non-hydrogen) atoms. The Morgan fingerprint density at radius 1 is 1.00 bits per heavy atom. The number of hydrogen-bond acceptors (Lipinski definition) is 9. The number of para-hydroxylation sites is 1. The molecule has 236 valence electrons. The maximum Gasteiger partial charge on any atom is 0.411 e. The van der Waals surface area contributed by atoms with Crippen molar-refractivity contribution in [2.24, 2.45) is 0 Å². The lowest BCUT2D eigenvalue weighted by atomic mass is 10.0. The Kier molecular flexibility index (Phi) is 9.45. The molecule has 0 saturated carbocycles. The van der Waals surface area contributed by atoms with Gasteiger partial charge in [0, 0.05) is 49.9 Å². The minimum Gasteiger partial charge on any atom is -0.506 e. The second kappa shape index (κ2) is 13.8. The number of rotatable bonds is 9. The second-order valence-electron chi connectivity index (χ2n) is 11.6. The highest BCUT2D eigenvalue weighted by Gasteiger charge is 2.30. The minimum absolute atomic E-state index is 0.0276. The number of H-pyrrole nitrogens is 1. The number of carbonyl (C=O) groups excluding carboxylic acids is 2. The van der Waals surface area contributed by atoms with Crippen LogP contribution in [0.5, 0.6) is 5.75 Å². The fraction of sp³-hybridized carbons (Fsp3) is 0.364. The number of hydrogen-bond donors (Lipinski definition) is 5. The first-order valence-corrected chi connectivity index (χ1v) is 16.0. The summed E-state index contributed by atoms with van der Waals surface area (Å²) in [5.74, 6) is 0.0342. The molecule has 0 spiro atoms. The Morgan fingerprint density at radius 2 is 1.76 bits per heavy atom. The molecule has 4 aromatic rings. The number of phenols is 1. The Hall–Kier alpha value is -4.23. The molecule has 5 N–H and O–H groups in total. The maximum absolute atomic E-state index is 13.1. The van der Waals surface area contributed by atoms with Crippen LogP contribution in [0.1, 0.15) is 30.9 Å². The quantitative estimate of drug-likeness (QED) is 0.187. The second-order valence-corrected chi connectivity index (χ2v) is 12.5. The number of phenolic OH excluding ortho intramolecular Hbond substituents is 1. The first-order valence-electron chi connectivity index (χ1n) is 15.2. The van der Waals surface area contributed by atoms with Crippen molar-refractivity contribution in [3.8, 4) is 16.9 Å². The normalized spacial score (nSPS) is 18.2. The molecule has 11 nitrogen and oxygen atoms in total. The maximum atomic E-state index is 13.1. The van der Waals surface area contributed by atoms with E-state index in [-0.39, 0.29) is 35.2 Å². The number of benzene rings is 3. The first kappa shape index (κ1) is 30.8. The van der Waals surface area contributed by atoms with E-state index in [0.29, 0.717) is 67.0 Å². The number of aromatic nitrogens is 1. The average Bonchev–Trinajstić information content (AvgIpc) is 3.69. The number of nitrogens with one attached hydrogen (secondary N) is 3. The Morgan fingerprint density at radius 3 is 2.56 bits per heavy atom. The van der Waals surface area contributed by atoms with Crippen LogP contribution in [-0.2, 0) is 9.53 Å². The molecule has 2 amide bonds. The van der Waals surface area contributed by atoms with Crippen molar-refractivity contribution in [2.75, 3.05) is 44.6 Å². The van der Waals surface area contributed by atoms with E-state index in [4.69, 9.17) is 4.74 Å². The molecule has 3 heterocycles. The summed E-state index contributed by atoms with van der Waals surface area (Å²) in [6.07, 6.45) is 0.529. The number of carbonyl (C=O) groups is 2. The van der Waals surface area contributed by atoms with Gasteiger partial charge in [-0.3, -0.25) is 19.8 Å². The highest BCUT2D eigenvalue weighted by molar-refractivity contribution is 7.16. The number of thiazole rings is 1. The molecule has 2 aliphatic heterocycles. The Labute approximate surface area is 264 Å². The van der Waals surface area contributed by atoms with Crippen LogP contribution in [-0.4, -0.2) is 88.4 Å². The molecule has 2 atom stereocenters. The van der Waals surface area contributed by atoms with E-state index < -0.39 is 12.2 Å². The van der Waals surface area contributed by atoms with Crippen LogP contribution < -0.4 is 15.5 Å². The summed E-state index contributed by atoms with van der Waals surface area (Å²) >= 11 is 0.959. The fourth-order valence-electron chi connectivity index (χ4n) is 6.07. The smallest absolute Gasteiger partial charge is 0.411 e. The van der Waals surface area contributed by atoms with Gasteiger partial charge in [0.2, 0.25) is 5.91 Å². The summed E-state index contributed by atoms with van der Waals surface area (Å²) in [6.45, 7) is 3.10. The number of anilines is 1. The van der Waals surface area contributed by atoms with Crippen LogP contribution in [0.15, 0.2) is 71.5 Å². The number of fused-ring (bicyclic) bond motifs is 1. The molecule has 0 bridgehead atoms. The predicted octanol–water partition coefficient (Wildman–Crippen LogP) is 3.90. The van der Waals surface area contributed by atoms with E-state index in [1.807, 2.05) is 59.5 Å². The number of ether oxygens (including phenoxy) is 1. The van der Waals surface area contributed by atoms with E-state index in [0.717, 1.165) is 28.9 Å². The molecule has 0 aliphatic carbocycles. The third kappa shape index (κ3) is 7.36. The van der Waals surface area contributed by atoms with Crippen LogP contribution in [0.25, 0.3) is 21.3 Å². The van der Waals surface area contributed by atoms with Gasteiger partial charge in [-0.15, -0.1) is 0 Å². The van der Waals surface area contributed by atoms with E-state index >= 15 is 0 Å². The molecule has 2 fully saturated rings. The number of aromatic amines is 1. The van der Waals surface area contributed by atoms with Gasteiger partial charge in [-0.25, -0.2) is 4.79 Å². The molecule has 0 unspecified atom stereocenters. The molecule has 3 aromatic carbocycles. The number of aliphatic hydroxyl groups excluding tert-OH is 1. The van der Waals surface area contributed by atoms with Gasteiger partial charge in [0.25, 0.3) is 0 Å².